The van der Waals surface area contributed by atoms with Crippen LogP contribution >= 0.6 is 0 Å². The van der Waals surface area contributed by atoms with E-state index in [1.54, 1.807) is 18.2 Å². The van der Waals surface area contributed by atoms with E-state index in [1.165, 1.54) is 11.4 Å². The van der Waals surface area contributed by atoms with Crippen LogP contribution in [0.25, 0.3) is 0 Å². The zero-order chi connectivity index (χ0) is 23.1. The lowest BCUT2D eigenvalue weighted by molar-refractivity contribution is -0.121. The number of nitrogens with zero attached hydrogens (tertiary/aromatic N) is 1. The lowest BCUT2D eigenvalue weighted by Crippen LogP contribution is -2.36. The Kier molecular flexibility index (Phi) is 8.15. The molecule has 174 valence electrons. The van der Waals surface area contributed by atoms with Crippen LogP contribution in [0.2, 0.25) is 0 Å². The number of nitrogens with one attached hydrogen (secondary N) is 1. The maximum Gasteiger partial charge on any atom is 0.243 e. The summed E-state index contributed by atoms with van der Waals surface area (Å²) in [5.74, 6) is 1.21. The van der Waals surface area contributed by atoms with Crippen molar-refractivity contribution < 1.29 is 22.7 Å². The van der Waals surface area contributed by atoms with E-state index in [0.717, 1.165) is 24.2 Å². The number of hydrogen-bond donors (Lipinski definition) is 1. The third-order valence-corrected chi connectivity index (χ3v) is 7.40. The molecule has 1 aliphatic heterocycles. The van der Waals surface area contributed by atoms with Crippen molar-refractivity contribution in [2.45, 2.75) is 50.5 Å². The Morgan fingerprint density at radius 3 is 2.47 bits per heavy atom. The fraction of sp³-hybridized carbons (Fsp3) is 0.458. The minimum Gasteiger partial charge on any atom is -0.496 e. The second kappa shape index (κ2) is 10.8. The molecule has 0 unspecified atom stereocenters. The maximum absolute atomic E-state index is 12.9. The summed E-state index contributed by atoms with van der Waals surface area (Å²) < 4.78 is 38.4. The molecule has 1 aliphatic rings. The molecule has 1 saturated heterocycles. The smallest absolute Gasteiger partial charge is 0.243 e. The summed E-state index contributed by atoms with van der Waals surface area (Å²) in [6, 6.07) is 12.5. The lowest BCUT2D eigenvalue weighted by Gasteiger charge is -2.18. The van der Waals surface area contributed by atoms with Crippen molar-refractivity contribution >= 4 is 15.9 Å². The summed E-state index contributed by atoms with van der Waals surface area (Å²) in [6.07, 6.45) is 2.37. The van der Waals surface area contributed by atoms with Crippen molar-refractivity contribution in [2.75, 3.05) is 26.8 Å². The summed E-state index contributed by atoms with van der Waals surface area (Å²) >= 11 is 0. The highest BCUT2D eigenvalue weighted by Crippen LogP contribution is 2.27. The molecule has 2 aromatic rings. The number of rotatable bonds is 10. The number of amides is 1. The molecule has 7 nitrogen and oxygen atoms in total. The monoisotopic (exact) mass is 460 g/mol. The van der Waals surface area contributed by atoms with Crippen LogP contribution in [0.5, 0.6) is 11.5 Å². The van der Waals surface area contributed by atoms with Crippen LogP contribution in [-0.2, 0) is 21.2 Å². The van der Waals surface area contributed by atoms with E-state index in [0.29, 0.717) is 37.4 Å². The molecule has 1 atom stereocenters. The number of aryl methyl sites for hydroxylation is 2. The Balaban J connectivity index is 1.56. The molecule has 1 heterocycles. The molecule has 0 aromatic heterocycles. The topological polar surface area (TPSA) is 84.9 Å². The maximum atomic E-state index is 12.9. The third-order valence-electron chi connectivity index (χ3n) is 5.50. The van der Waals surface area contributed by atoms with E-state index in [2.05, 4.69) is 5.32 Å². The number of ether oxygens (including phenoxy) is 2. The number of methoxy groups -OCH3 is 1. The van der Waals surface area contributed by atoms with E-state index in [1.807, 2.05) is 38.1 Å². The average Bonchev–Trinajstić information content (AvgIpc) is 3.33. The molecular formula is C24H32N2O5S. The van der Waals surface area contributed by atoms with E-state index in [-0.39, 0.29) is 23.3 Å². The Morgan fingerprint density at radius 2 is 1.81 bits per heavy atom. The van der Waals surface area contributed by atoms with E-state index in [4.69, 9.17) is 9.47 Å². The molecule has 0 saturated carbocycles. The Bertz CT molecular complexity index is 1020. The second-order valence-corrected chi connectivity index (χ2v) is 10.1. The second-order valence-electron chi connectivity index (χ2n) is 8.18. The van der Waals surface area contributed by atoms with Crippen molar-refractivity contribution in [1.29, 1.82) is 0 Å². The number of benzene rings is 2. The SMILES string of the molecule is COc1ccc(S(=O)(=O)N2CCCC2)cc1CCC(=O)N[C@H](C)COc1ccc(C)cc1. The van der Waals surface area contributed by atoms with Gasteiger partial charge in [0, 0.05) is 19.5 Å². The Labute approximate surface area is 190 Å². The van der Waals surface area contributed by atoms with Crippen LogP contribution in [-0.4, -0.2) is 51.5 Å². The van der Waals surface area contributed by atoms with Gasteiger partial charge in [0.2, 0.25) is 15.9 Å². The zero-order valence-corrected chi connectivity index (χ0v) is 19.8. The van der Waals surface area contributed by atoms with Gasteiger partial charge in [-0.2, -0.15) is 4.31 Å². The van der Waals surface area contributed by atoms with Crippen molar-refractivity contribution in [3.05, 3.63) is 53.6 Å². The van der Waals surface area contributed by atoms with Gasteiger partial charge >= 0.3 is 0 Å². The van der Waals surface area contributed by atoms with Gasteiger partial charge in [-0.05, 0) is 69.0 Å². The number of carbonyl (C=O) groups excluding carboxylic acids is 1. The van der Waals surface area contributed by atoms with Crippen LogP contribution in [0.3, 0.4) is 0 Å². The predicted octanol–water partition coefficient (Wildman–Crippen LogP) is 3.30. The van der Waals surface area contributed by atoms with Gasteiger partial charge in [0.05, 0.1) is 18.0 Å². The summed E-state index contributed by atoms with van der Waals surface area (Å²) in [7, 11) is -1.98. The summed E-state index contributed by atoms with van der Waals surface area (Å²) in [4.78, 5) is 12.7. The van der Waals surface area contributed by atoms with Gasteiger partial charge in [-0.3, -0.25) is 4.79 Å². The molecule has 0 aliphatic carbocycles. The van der Waals surface area contributed by atoms with E-state index < -0.39 is 10.0 Å². The van der Waals surface area contributed by atoms with Gasteiger partial charge in [-0.25, -0.2) is 8.42 Å². The molecule has 0 radical (unpaired) electrons. The normalized spacial score (nSPS) is 15.3. The number of hydrogen-bond acceptors (Lipinski definition) is 5. The van der Waals surface area contributed by atoms with Crippen molar-refractivity contribution in [3.63, 3.8) is 0 Å². The molecular weight excluding hydrogens is 428 g/mol. The van der Waals surface area contributed by atoms with Crippen LogP contribution in [0.4, 0.5) is 0 Å². The largest absolute Gasteiger partial charge is 0.496 e. The van der Waals surface area contributed by atoms with Gasteiger partial charge < -0.3 is 14.8 Å². The fourth-order valence-corrected chi connectivity index (χ4v) is 5.25. The molecule has 2 aromatic carbocycles. The lowest BCUT2D eigenvalue weighted by atomic mass is 10.1. The molecule has 1 N–H and O–H groups in total. The molecule has 1 amide bonds. The van der Waals surface area contributed by atoms with Gasteiger partial charge in [0.15, 0.2) is 0 Å². The molecule has 32 heavy (non-hydrogen) atoms. The van der Waals surface area contributed by atoms with Gasteiger partial charge in [0.25, 0.3) is 0 Å². The number of carbonyl (C=O) groups is 1. The minimum absolute atomic E-state index is 0.125. The summed E-state index contributed by atoms with van der Waals surface area (Å²) in [6.45, 7) is 5.36. The molecule has 3 rings (SSSR count). The molecule has 8 heteroatoms. The Morgan fingerprint density at radius 1 is 1.12 bits per heavy atom. The van der Waals surface area contributed by atoms with Crippen LogP contribution < -0.4 is 14.8 Å². The summed E-state index contributed by atoms with van der Waals surface area (Å²) in [5, 5.41) is 2.93. The first-order valence-corrected chi connectivity index (χ1v) is 12.4. The third kappa shape index (κ3) is 6.23. The van der Waals surface area contributed by atoms with Crippen molar-refractivity contribution in [3.8, 4) is 11.5 Å². The standard InChI is InChI=1S/C24H32N2O5S/c1-18-6-9-21(10-7-18)31-17-19(2)25-24(27)13-8-20-16-22(11-12-23(20)30-3)32(28,29)26-14-4-5-15-26/h6-7,9-12,16,19H,4-5,8,13-15,17H2,1-3H3,(H,25,27)/t19-/m1/s1. The molecule has 0 bridgehead atoms. The highest BCUT2D eigenvalue weighted by atomic mass is 32.2. The van der Waals surface area contributed by atoms with E-state index in [9.17, 15) is 13.2 Å². The van der Waals surface area contributed by atoms with Gasteiger partial charge in [0.1, 0.15) is 18.1 Å². The highest BCUT2D eigenvalue weighted by molar-refractivity contribution is 7.89. The van der Waals surface area contributed by atoms with E-state index >= 15 is 0 Å². The first-order chi connectivity index (χ1) is 15.3. The minimum atomic E-state index is -3.52. The van der Waals surface area contributed by atoms with Gasteiger partial charge in [-0.15, -0.1) is 0 Å². The number of sulfonamides is 1. The molecule has 0 spiro atoms. The Hall–Kier alpha value is -2.58. The summed E-state index contributed by atoms with van der Waals surface area (Å²) in [5.41, 5.74) is 1.86. The van der Waals surface area contributed by atoms with Crippen LogP contribution in [0, 0.1) is 6.92 Å². The quantitative estimate of drug-likeness (QED) is 0.588. The van der Waals surface area contributed by atoms with Crippen LogP contribution in [0.15, 0.2) is 47.4 Å². The highest BCUT2D eigenvalue weighted by Gasteiger charge is 2.27. The fourth-order valence-electron chi connectivity index (χ4n) is 3.68. The van der Waals surface area contributed by atoms with Gasteiger partial charge in [-0.1, -0.05) is 17.7 Å². The first kappa shape index (κ1) is 24.1. The average molecular weight is 461 g/mol. The zero-order valence-electron chi connectivity index (χ0n) is 19.0. The predicted molar refractivity (Wildman–Crippen MR) is 124 cm³/mol. The van der Waals surface area contributed by atoms with Crippen molar-refractivity contribution in [2.24, 2.45) is 0 Å². The van der Waals surface area contributed by atoms with Crippen LogP contribution in [0.1, 0.15) is 37.3 Å². The molecule has 1 fully saturated rings. The first-order valence-electron chi connectivity index (χ1n) is 11.0. The van der Waals surface area contributed by atoms with Crippen molar-refractivity contribution in [1.82, 2.24) is 9.62 Å².